The maximum atomic E-state index is 11.8. The molecule has 1 aromatic rings. The maximum Gasteiger partial charge on any atom is 0.263 e. The molecule has 1 unspecified atom stereocenters. The van der Waals surface area contributed by atoms with E-state index in [9.17, 15) is 14.7 Å². The second-order valence-corrected chi connectivity index (χ2v) is 4.45. The van der Waals surface area contributed by atoms with E-state index in [0.717, 1.165) is 0 Å². The first-order valence-corrected chi connectivity index (χ1v) is 5.52. The first-order valence-electron chi connectivity index (χ1n) is 5.52. The Kier molecular flexibility index (Phi) is 4.63. The van der Waals surface area contributed by atoms with Gasteiger partial charge >= 0.3 is 0 Å². The Labute approximate surface area is 105 Å². The lowest BCUT2D eigenvalue weighted by atomic mass is 10.1. The third kappa shape index (κ3) is 3.68. The molecule has 0 aliphatic carbocycles. The molecule has 1 heterocycles. The minimum absolute atomic E-state index is 0.0116. The van der Waals surface area contributed by atoms with Crippen molar-refractivity contribution in [3.63, 3.8) is 0 Å². The van der Waals surface area contributed by atoms with E-state index in [4.69, 9.17) is 4.74 Å². The average Bonchev–Trinajstić information content (AvgIpc) is 2.30. The molecule has 100 valence electrons. The van der Waals surface area contributed by atoms with Crippen LogP contribution in [0, 0.1) is 0 Å². The van der Waals surface area contributed by atoms with Crippen molar-refractivity contribution in [2.24, 2.45) is 7.05 Å². The third-order valence-electron chi connectivity index (χ3n) is 2.45. The van der Waals surface area contributed by atoms with Gasteiger partial charge in [0.15, 0.2) is 0 Å². The van der Waals surface area contributed by atoms with Crippen LogP contribution in [0.1, 0.15) is 17.3 Å². The summed E-state index contributed by atoms with van der Waals surface area (Å²) in [5.41, 5.74) is -1.49. The molecule has 6 heteroatoms. The number of pyridine rings is 1. The molecule has 0 bridgehead atoms. The number of carbonyl (C=O) groups is 1. The van der Waals surface area contributed by atoms with Crippen molar-refractivity contribution < 1.29 is 14.6 Å². The highest BCUT2D eigenvalue weighted by atomic mass is 16.5. The average molecular weight is 254 g/mol. The topological polar surface area (TPSA) is 80.6 Å². The zero-order valence-corrected chi connectivity index (χ0v) is 10.8. The van der Waals surface area contributed by atoms with Crippen LogP contribution in [0.15, 0.2) is 23.1 Å². The molecule has 0 aliphatic heterocycles. The maximum absolute atomic E-state index is 11.8. The third-order valence-corrected chi connectivity index (χ3v) is 2.45. The van der Waals surface area contributed by atoms with Gasteiger partial charge in [-0.15, -0.1) is 0 Å². The van der Waals surface area contributed by atoms with E-state index in [-0.39, 0.29) is 24.3 Å². The van der Waals surface area contributed by atoms with Gasteiger partial charge in [-0.3, -0.25) is 9.59 Å². The molecule has 0 fully saturated rings. The van der Waals surface area contributed by atoms with Crippen LogP contribution in [0.5, 0.6) is 0 Å². The highest BCUT2D eigenvalue weighted by Crippen LogP contribution is 2.01. The lowest BCUT2D eigenvalue weighted by Gasteiger charge is -2.22. The van der Waals surface area contributed by atoms with Gasteiger partial charge < -0.3 is 19.7 Å². The number of hydrogen-bond donors (Lipinski definition) is 2. The van der Waals surface area contributed by atoms with Gasteiger partial charge in [0.25, 0.3) is 11.5 Å². The molecular weight excluding hydrogens is 236 g/mol. The minimum atomic E-state index is -1.16. The van der Waals surface area contributed by atoms with Crippen LogP contribution in [0.25, 0.3) is 0 Å². The Morgan fingerprint density at radius 2 is 2.28 bits per heavy atom. The number of aryl methyl sites for hydroxylation is 1. The minimum Gasteiger partial charge on any atom is -0.386 e. The predicted molar refractivity (Wildman–Crippen MR) is 66.5 cm³/mol. The van der Waals surface area contributed by atoms with Crippen molar-refractivity contribution in [2.45, 2.75) is 12.5 Å². The van der Waals surface area contributed by atoms with Crippen LogP contribution in [-0.2, 0) is 11.8 Å². The van der Waals surface area contributed by atoms with Gasteiger partial charge in [0.05, 0.1) is 6.61 Å². The zero-order valence-electron chi connectivity index (χ0n) is 10.8. The fraction of sp³-hybridized carbons (Fsp3) is 0.500. The zero-order chi connectivity index (χ0) is 13.8. The van der Waals surface area contributed by atoms with E-state index in [2.05, 4.69) is 5.32 Å². The Morgan fingerprint density at radius 1 is 1.61 bits per heavy atom. The van der Waals surface area contributed by atoms with E-state index in [0.29, 0.717) is 0 Å². The highest BCUT2D eigenvalue weighted by molar-refractivity contribution is 5.93. The second kappa shape index (κ2) is 5.79. The number of amides is 1. The highest BCUT2D eigenvalue weighted by Gasteiger charge is 2.22. The molecule has 0 spiro atoms. The smallest absolute Gasteiger partial charge is 0.263 e. The van der Waals surface area contributed by atoms with E-state index in [1.54, 1.807) is 26.2 Å². The number of aromatic nitrogens is 1. The number of aliphatic hydroxyl groups is 1. The van der Waals surface area contributed by atoms with Crippen LogP contribution in [0.3, 0.4) is 0 Å². The normalized spacial score (nSPS) is 14.0. The number of hydrogen-bond acceptors (Lipinski definition) is 4. The number of carbonyl (C=O) groups excluding carboxylic acids is 1. The number of methoxy groups -OCH3 is 1. The number of nitrogens with zero attached hydrogens (tertiary/aromatic N) is 1. The van der Waals surface area contributed by atoms with Crippen LogP contribution >= 0.6 is 0 Å². The quantitative estimate of drug-likeness (QED) is 0.743. The number of ether oxygens (including phenoxy) is 1. The molecule has 0 aliphatic rings. The summed E-state index contributed by atoms with van der Waals surface area (Å²) in [5, 5.41) is 12.3. The van der Waals surface area contributed by atoms with Crippen molar-refractivity contribution in [1.29, 1.82) is 0 Å². The van der Waals surface area contributed by atoms with E-state index in [1.165, 1.54) is 17.7 Å². The molecule has 0 radical (unpaired) electrons. The summed E-state index contributed by atoms with van der Waals surface area (Å²) in [6.07, 6.45) is 1.57. The summed E-state index contributed by atoms with van der Waals surface area (Å²) in [6.45, 7) is 1.65. The van der Waals surface area contributed by atoms with E-state index < -0.39 is 11.5 Å². The Morgan fingerprint density at radius 3 is 2.89 bits per heavy atom. The number of nitrogens with one attached hydrogen (secondary N) is 1. The van der Waals surface area contributed by atoms with Crippen LogP contribution in [0.2, 0.25) is 0 Å². The van der Waals surface area contributed by atoms with E-state index in [1.807, 2.05) is 0 Å². The summed E-state index contributed by atoms with van der Waals surface area (Å²) in [6, 6.07) is 3.06. The molecule has 0 saturated heterocycles. The fourth-order valence-electron chi connectivity index (χ4n) is 1.50. The summed E-state index contributed by atoms with van der Waals surface area (Å²) < 4.78 is 6.14. The van der Waals surface area contributed by atoms with Gasteiger partial charge in [-0.2, -0.15) is 0 Å². The Bertz CT molecular complexity index is 479. The van der Waals surface area contributed by atoms with Crippen molar-refractivity contribution >= 4 is 5.91 Å². The van der Waals surface area contributed by atoms with Crippen molar-refractivity contribution in [2.75, 3.05) is 20.3 Å². The van der Waals surface area contributed by atoms with Gasteiger partial charge in [-0.05, 0) is 19.1 Å². The van der Waals surface area contributed by atoms with Gasteiger partial charge in [-0.25, -0.2) is 0 Å². The van der Waals surface area contributed by atoms with Gasteiger partial charge in [-0.1, -0.05) is 0 Å². The second-order valence-electron chi connectivity index (χ2n) is 4.45. The summed E-state index contributed by atoms with van der Waals surface area (Å²) in [5.74, 6) is -0.507. The van der Waals surface area contributed by atoms with Gasteiger partial charge in [0, 0.05) is 26.9 Å². The SMILES string of the molecule is COCC(C)(O)CNC(=O)c1cccn(C)c1=O. The van der Waals surface area contributed by atoms with Gasteiger partial charge in [0.1, 0.15) is 11.2 Å². The molecular formula is C12H18N2O4. The largest absolute Gasteiger partial charge is 0.386 e. The molecule has 18 heavy (non-hydrogen) atoms. The monoisotopic (exact) mass is 254 g/mol. The lowest BCUT2D eigenvalue weighted by molar-refractivity contribution is -0.0147. The Hall–Kier alpha value is -1.66. The molecule has 1 rings (SSSR count). The molecule has 0 aromatic carbocycles. The van der Waals surface area contributed by atoms with Gasteiger partial charge in [0.2, 0.25) is 0 Å². The molecule has 1 aromatic heterocycles. The predicted octanol–water partition coefficient (Wildman–Crippen LogP) is -0.488. The molecule has 1 amide bonds. The van der Waals surface area contributed by atoms with E-state index >= 15 is 0 Å². The van der Waals surface area contributed by atoms with Crippen LogP contribution < -0.4 is 10.9 Å². The first-order chi connectivity index (χ1) is 8.37. The molecule has 1 atom stereocenters. The standard InChI is InChI=1S/C12H18N2O4/c1-12(17,8-18-3)7-13-10(15)9-5-4-6-14(2)11(9)16/h4-6,17H,7-8H2,1-3H3,(H,13,15). The Balaban J connectivity index is 2.72. The van der Waals surface area contributed by atoms with Crippen molar-refractivity contribution in [1.82, 2.24) is 9.88 Å². The summed E-state index contributed by atoms with van der Waals surface area (Å²) >= 11 is 0. The molecule has 6 nitrogen and oxygen atoms in total. The first kappa shape index (κ1) is 14.4. The molecule has 2 N–H and O–H groups in total. The summed E-state index contributed by atoms with van der Waals surface area (Å²) in [7, 11) is 3.03. The van der Waals surface area contributed by atoms with Crippen LogP contribution in [0.4, 0.5) is 0 Å². The lowest BCUT2D eigenvalue weighted by Crippen LogP contribution is -2.45. The van der Waals surface area contributed by atoms with Crippen LogP contribution in [-0.4, -0.2) is 41.4 Å². The van der Waals surface area contributed by atoms with Crippen molar-refractivity contribution in [3.05, 3.63) is 34.2 Å². The van der Waals surface area contributed by atoms with Crippen molar-refractivity contribution in [3.8, 4) is 0 Å². The molecule has 0 saturated carbocycles. The summed E-state index contributed by atoms with van der Waals surface area (Å²) in [4.78, 5) is 23.5. The number of rotatable bonds is 5. The fourth-order valence-corrected chi connectivity index (χ4v) is 1.50.